The van der Waals surface area contributed by atoms with Gasteiger partial charge in [-0.25, -0.2) is 8.42 Å². The molecule has 1 saturated heterocycles. The quantitative estimate of drug-likeness (QED) is 0.771. The summed E-state index contributed by atoms with van der Waals surface area (Å²) in [6.07, 6.45) is 0.591. The largest absolute Gasteiger partial charge is 0.493 e. The van der Waals surface area contributed by atoms with Gasteiger partial charge in [0.05, 0.1) is 17.1 Å². The fraction of sp³-hybridized carbons (Fsp3) is 0.381. The molecule has 2 aromatic rings. The minimum Gasteiger partial charge on any atom is -0.493 e. The van der Waals surface area contributed by atoms with Gasteiger partial charge in [-0.3, -0.25) is 4.79 Å². The van der Waals surface area contributed by atoms with Gasteiger partial charge in [0.2, 0.25) is 10.0 Å². The van der Waals surface area contributed by atoms with E-state index in [1.807, 2.05) is 26.0 Å². The molecule has 1 amide bonds. The molecule has 0 spiro atoms. The highest BCUT2D eigenvalue weighted by atomic mass is 32.2. The molecule has 1 aliphatic heterocycles. The number of aryl methyl sites for hydroxylation is 1. The van der Waals surface area contributed by atoms with E-state index >= 15 is 0 Å². The lowest BCUT2D eigenvalue weighted by molar-refractivity contribution is 0.0760. The Balaban J connectivity index is 1.75. The van der Waals surface area contributed by atoms with E-state index in [0.717, 1.165) is 5.56 Å². The Labute approximate surface area is 166 Å². The van der Waals surface area contributed by atoms with Gasteiger partial charge in [0, 0.05) is 26.2 Å². The number of sulfonamides is 1. The van der Waals surface area contributed by atoms with E-state index in [0.29, 0.717) is 48.9 Å². The van der Waals surface area contributed by atoms with E-state index in [-0.39, 0.29) is 12.5 Å². The van der Waals surface area contributed by atoms with Gasteiger partial charge >= 0.3 is 0 Å². The van der Waals surface area contributed by atoms with Gasteiger partial charge in [-0.05, 0) is 44.5 Å². The van der Waals surface area contributed by atoms with E-state index in [9.17, 15) is 13.2 Å². The van der Waals surface area contributed by atoms with Crippen LogP contribution in [0.5, 0.6) is 5.75 Å². The van der Waals surface area contributed by atoms with Crippen molar-refractivity contribution in [3.8, 4) is 5.75 Å². The van der Waals surface area contributed by atoms with Crippen molar-refractivity contribution in [1.82, 2.24) is 9.21 Å². The molecule has 0 aliphatic carbocycles. The van der Waals surface area contributed by atoms with Crippen LogP contribution in [0.25, 0.3) is 0 Å². The van der Waals surface area contributed by atoms with E-state index in [1.54, 1.807) is 41.3 Å². The second-order valence-electron chi connectivity index (χ2n) is 6.79. The minimum atomic E-state index is -3.56. The Kier molecular flexibility index (Phi) is 6.36. The first-order chi connectivity index (χ1) is 13.4. The number of hydrogen-bond donors (Lipinski definition) is 0. The van der Waals surface area contributed by atoms with Gasteiger partial charge in [-0.15, -0.1) is 0 Å². The molecular weight excluding hydrogens is 376 g/mol. The maximum absolute atomic E-state index is 13.0. The number of carbonyl (C=O) groups excluding carboxylic acids is 1. The second kappa shape index (κ2) is 8.75. The second-order valence-corrected chi connectivity index (χ2v) is 8.73. The zero-order valence-corrected chi connectivity index (χ0v) is 17.1. The lowest BCUT2D eigenvalue weighted by Crippen LogP contribution is -2.37. The van der Waals surface area contributed by atoms with E-state index < -0.39 is 10.0 Å². The topological polar surface area (TPSA) is 66.9 Å². The number of benzene rings is 2. The Bertz CT molecular complexity index is 926. The van der Waals surface area contributed by atoms with Crippen molar-refractivity contribution in [1.29, 1.82) is 0 Å². The van der Waals surface area contributed by atoms with E-state index in [2.05, 4.69) is 0 Å². The Morgan fingerprint density at radius 1 is 1.00 bits per heavy atom. The van der Waals surface area contributed by atoms with Crippen LogP contribution in [0, 0.1) is 6.92 Å². The standard InChI is InChI=1S/C21H26N2O4S/c1-3-27-20-8-5-4-7-19(20)21(24)22-13-6-14-23(16-15-22)28(25,26)18-11-9-17(2)10-12-18/h4-5,7-12H,3,6,13-16H2,1-2H3. The van der Waals surface area contributed by atoms with Crippen LogP contribution in [-0.4, -0.2) is 56.3 Å². The molecule has 2 aromatic carbocycles. The summed E-state index contributed by atoms with van der Waals surface area (Å²) < 4.78 is 32.9. The van der Waals surface area contributed by atoms with Crippen LogP contribution in [0.4, 0.5) is 0 Å². The zero-order valence-electron chi connectivity index (χ0n) is 16.3. The summed E-state index contributed by atoms with van der Waals surface area (Å²) in [7, 11) is -3.56. The summed E-state index contributed by atoms with van der Waals surface area (Å²) in [5.41, 5.74) is 1.53. The van der Waals surface area contributed by atoms with Gasteiger partial charge in [0.1, 0.15) is 5.75 Å². The van der Waals surface area contributed by atoms with Crippen LogP contribution >= 0.6 is 0 Å². The molecule has 7 heteroatoms. The van der Waals surface area contributed by atoms with E-state index in [1.165, 1.54) is 4.31 Å². The minimum absolute atomic E-state index is 0.126. The summed E-state index contributed by atoms with van der Waals surface area (Å²) in [6, 6.07) is 14.0. The van der Waals surface area contributed by atoms with Gasteiger partial charge in [-0.1, -0.05) is 29.8 Å². The SMILES string of the molecule is CCOc1ccccc1C(=O)N1CCCN(S(=O)(=O)c2ccc(C)cc2)CC1. The molecule has 28 heavy (non-hydrogen) atoms. The molecule has 0 aromatic heterocycles. The number of carbonyl (C=O) groups is 1. The number of ether oxygens (including phenoxy) is 1. The van der Waals surface area contributed by atoms with Crippen molar-refractivity contribution in [2.24, 2.45) is 0 Å². The molecular formula is C21H26N2O4S. The first kappa shape index (κ1) is 20.4. The molecule has 1 fully saturated rings. The van der Waals surface area contributed by atoms with Gasteiger partial charge in [0.15, 0.2) is 0 Å². The van der Waals surface area contributed by atoms with Gasteiger partial charge in [-0.2, -0.15) is 4.31 Å². The van der Waals surface area contributed by atoms with Crippen LogP contribution in [0.2, 0.25) is 0 Å². The van der Waals surface area contributed by atoms with Crippen molar-refractivity contribution in [2.45, 2.75) is 25.2 Å². The highest BCUT2D eigenvalue weighted by molar-refractivity contribution is 7.89. The number of amides is 1. The Hall–Kier alpha value is -2.38. The van der Waals surface area contributed by atoms with Crippen molar-refractivity contribution in [2.75, 3.05) is 32.8 Å². The maximum Gasteiger partial charge on any atom is 0.257 e. The molecule has 3 rings (SSSR count). The highest BCUT2D eigenvalue weighted by Crippen LogP contribution is 2.22. The molecule has 150 valence electrons. The summed E-state index contributed by atoms with van der Waals surface area (Å²) in [5, 5.41) is 0. The van der Waals surface area contributed by atoms with Crippen LogP contribution in [-0.2, 0) is 10.0 Å². The van der Waals surface area contributed by atoms with Crippen molar-refractivity contribution in [3.05, 3.63) is 59.7 Å². The van der Waals surface area contributed by atoms with Crippen molar-refractivity contribution >= 4 is 15.9 Å². The Morgan fingerprint density at radius 3 is 2.43 bits per heavy atom. The molecule has 0 radical (unpaired) electrons. The van der Waals surface area contributed by atoms with Crippen molar-refractivity contribution < 1.29 is 17.9 Å². The molecule has 0 bridgehead atoms. The van der Waals surface area contributed by atoms with Gasteiger partial charge in [0.25, 0.3) is 5.91 Å². The van der Waals surface area contributed by atoms with E-state index in [4.69, 9.17) is 4.74 Å². The summed E-state index contributed by atoms with van der Waals surface area (Å²) >= 11 is 0. The first-order valence-corrected chi connectivity index (χ1v) is 11.0. The van der Waals surface area contributed by atoms with Gasteiger partial charge < -0.3 is 9.64 Å². The average Bonchev–Trinajstić information content (AvgIpc) is 2.95. The maximum atomic E-state index is 13.0. The lowest BCUT2D eigenvalue weighted by atomic mass is 10.1. The third-order valence-corrected chi connectivity index (χ3v) is 6.73. The lowest BCUT2D eigenvalue weighted by Gasteiger charge is -2.23. The molecule has 0 atom stereocenters. The van der Waals surface area contributed by atoms with Crippen LogP contribution < -0.4 is 4.74 Å². The number of rotatable bonds is 5. The van der Waals surface area contributed by atoms with Crippen LogP contribution in [0.15, 0.2) is 53.4 Å². The molecule has 0 unspecified atom stereocenters. The molecule has 0 saturated carbocycles. The predicted octanol–water partition coefficient (Wildman–Crippen LogP) is 2.93. The number of para-hydroxylation sites is 1. The smallest absolute Gasteiger partial charge is 0.257 e. The monoisotopic (exact) mass is 402 g/mol. The van der Waals surface area contributed by atoms with Crippen molar-refractivity contribution in [3.63, 3.8) is 0 Å². The summed E-state index contributed by atoms with van der Waals surface area (Å²) in [4.78, 5) is 15.0. The van der Waals surface area contributed by atoms with Crippen LogP contribution in [0.3, 0.4) is 0 Å². The fourth-order valence-corrected chi connectivity index (χ4v) is 4.76. The fourth-order valence-electron chi connectivity index (χ4n) is 3.29. The first-order valence-electron chi connectivity index (χ1n) is 9.51. The number of nitrogens with zero attached hydrogens (tertiary/aromatic N) is 2. The third-order valence-electron chi connectivity index (χ3n) is 4.82. The Morgan fingerprint density at radius 2 is 1.71 bits per heavy atom. The summed E-state index contributed by atoms with van der Waals surface area (Å²) in [5.74, 6) is 0.432. The normalized spacial score (nSPS) is 15.9. The number of hydrogen-bond acceptors (Lipinski definition) is 4. The molecule has 0 N–H and O–H groups in total. The average molecular weight is 403 g/mol. The summed E-state index contributed by atoms with van der Waals surface area (Å²) in [6.45, 7) is 5.81. The molecule has 1 aliphatic rings. The third kappa shape index (κ3) is 4.36. The zero-order chi connectivity index (χ0) is 20.1. The molecule has 6 nitrogen and oxygen atoms in total. The van der Waals surface area contributed by atoms with Crippen LogP contribution in [0.1, 0.15) is 29.3 Å². The molecule has 1 heterocycles. The predicted molar refractivity (Wildman–Crippen MR) is 108 cm³/mol. The highest BCUT2D eigenvalue weighted by Gasteiger charge is 2.29.